The fraction of sp³-hybridized carbons (Fsp3) is 0.250. The van der Waals surface area contributed by atoms with Crippen molar-refractivity contribution in [3.8, 4) is 5.75 Å². The SMILES string of the molecule is CCC(NC(=O)c1cc(C(=O)O)co1)c1ccccc1OC(F)F. The van der Waals surface area contributed by atoms with Crippen LogP contribution in [0.25, 0.3) is 0 Å². The Kier molecular flexibility index (Phi) is 5.51. The van der Waals surface area contributed by atoms with Crippen LogP contribution in [0.4, 0.5) is 8.78 Å². The highest BCUT2D eigenvalue weighted by Gasteiger charge is 2.21. The van der Waals surface area contributed by atoms with Gasteiger partial charge in [-0.1, -0.05) is 25.1 Å². The molecule has 1 aromatic carbocycles. The van der Waals surface area contributed by atoms with Gasteiger partial charge in [-0.2, -0.15) is 8.78 Å². The Morgan fingerprint density at radius 1 is 1.33 bits per heavy atom. The lowest BCUT2D eigenvalue weighted by molar-refractivity contribution is -0.0507. The molecule has 0 saturated heterocycles. The molecule has 0 bridgehead atoms. The van der Waals surface area contributed by atoms with E-state index in [-0.39, 0.29) is 17.1 Å². The van der Waals surface area contributed by atoms with Crippen LogP contribution in [0.5, 0.6) is 5.75 Å². The molecule has 0 saturated carbocycles. The van der Waals surface area contributed by atoms with E-state index in [1.165, 1.54) is 6.07 Å². The summed E-state index contributed by atoms with van der Waals surface area (Å²) in [5.74, 6) is -2.09. The topological polar surface area (TPSA) is 88.8 Å². The number of rotatable bonds is 7. The lowest BCUT2D eigenvalue weighted by Gasteiger charge is -2.20. The van der Waals surface area contributed by atoms with Crippen molar-refractivity contribution in [1.82, 2.24) is 5.32 Å². The van der Waals surface area contributed by atoms with Gasteiger partial charge in [0.2, 0.25) is 0 Å². The quantitative estimate of drug-likeness (QED) is 0.806. The van der Waals surface area contributed by atoms with Crippen molar-refractivity contribution in [3.05, 3.63) is 53.5 Å². The van der Waals surface area contributed by atoms with Crippen molar-refractivity contribution in [3.63, 3.8) is 0 Å². The average Bonchev–Trinajstić information content (AvgIpc) is 3.03. The van der Waals surface area contributed by atoms with E-state index in [2.05, 4.69) is 10.1 Å². The third-order valence-electron chi connectivity index (χ3n) is 3.29. The highest BCUT2D eigenvalue weighted by molar-refractivity contribution is 5.95. The fourth-order valence-corrected chi connectivity index (χ4v) is 2.17. The van der Waals surface area contributed by atoms with Crippen LogP contribution in [0, 0.1) is 0 Å². The van der Waals surface area contributed by atoms with Gasteiger partial charge >= 0.3 is 12.6 Å². The molecule has 0 spiro atoms. The van der Waals surface area contributed by atoms with Gasteiger partial charge in [-0.05, 0) is 12.5 Å². The summed E-state index contributed by atoms with van der Waals surface area (Å²) in [6, 6.07) is 6.61. The maximum Gasteiger partial charge on any atom is 0.387 e. The number of hydrogen-bond donors (Lipinski definition) is 2. The number of para-hydroxylation sites is 1. The number of amides is 1. The molecule has 6 nitrogen and oxygen atoms in total. The second-order valence-electron chi connectivity index (χ2n) is 4.86. The van der Waals surface area contributed by atoms with Gasteiger partial charge in [-0.25, -0.2) is 4.79 Å². The Bertz CT molecular complexity index is 729. The molecule has 0 aliphatic heterocycles. The number of carbonyl (C=O) groups is 2. The minimum Gasteiger partial charge on any atom is -0.478 e. The smallest absolute Gasteiger partial charge is 0.387 e. The Hall–Kier alpha value is -2.90. The van der Waals surface area contributed by atoms with Crippen molar-refractivity contribution in [1.29, 1.82) is 0 Å². The number of alkyl halides is 2. The van der Waals surface area contributed by atoms with E-state index < -0.39 is 24.5 Å². The number of halogens is 2. The summed E-state index contributed by atoms with van der Waals surface area (Å²) in [5.41, 5.74) is 0.230. The zero-order valence-corrected chi connectivity index (χ0v) is 12.7. The van der Waals surface area contributed by atoms with E-state index in [1.54, 1.807) is 25.1 Å². The molecule has 24 heavy (non-hydrogen) atoms. The third kappa shape index (κ3) is 4.09. The molecule has 2 rings (SSSR count). The lowest BCUT2D eigenvalue weighted by atomic mass is 10.0. The van der Waals surface area contributed by atoms with Crippen molar-refractivity contribution >= 4 is 11.9 Å². The maximum atomic E-state index is 12.5. The van der Waals surface area contributed by atoms with Crippen molar-refractivity contribution in [2.45, 2.75) is 26.0 Å². The zero-order valence-electron chi connectivity index (χ0n) is 12.7. The molecular weight excluding hydrogens is 324 g/mol. The van der Waals surface area contributed by atoms with Gasteiger partial charge in [0.05, 0.1) is 11.6 Å². The molecule has 0 aliphatic rings. The number of benzene rings is 1. The zero-order chi connectivity index (χ0) is 17.7. The number of hydrogen-bond acceptors (Lipinski definition) is 4. The molecule has 0 radical (unpaired) electrons. The number of carbonyl (C=O) groups excluding carboxylic acids is 1. The second-order valence-corrected chi connectivity index (χ2v) is 4.86. The molecule has 0 fully saturated rings. The molecule has 1 heterocycles. The third-order valence-corrected chi connectivity index (χ3v) is 3.29. The Balaban J connectivity index is 2.19. The van der Waals surface area contributed by atoms with Crippen LogP contribution >= 0.6 is 0 Å². The van der Waals surface area contributed by atoms with Crippen molar-refractivity contribution in [2.75, 3.05) is 0 Å². The predicted octanol–water partition coefficient (Wildman–Crippen LogP) is 3.46. The van der Waals surface area contributed by atoms with E-state index in [0.29, 0.717) is 12.0 Å². The van der Waals surface area contributed by atoms with E-state index in [9.17, 15) is 18.4 Å². The van der Waals surface area contributed by atoms with Crippen LogP contribution < -0.4 is 10.1 Å². The molecule has 1 atom stereocenters. The first kappa shape index (κ1) is 17.5. The average molecular weight is 339 g/mol. The number of aromatic carboxylic acids is 1. The molecule has 1 aromatic heterocycles. The van der Waals surface area contributed by atoms with Crippen LogP contribution in [-0.4, -0.2) is 23.6 Å². The van der Waals surface area contributed by atoms with Gasteiger partial charge in [0.25, 0.3) is 5.91 Å². The van der Waals surface area contributed by atoms with E-state index in [0.717, 1.165) is 12.3 Å². The summed E-state index contributed by atoms with van der Waals surface area (Å²) in [7, 11) is 0. The van der Waals surface area contributed by atoms with Crippen LogP contribution in [-0.2, 0) is 0 Å². The Morgan fingerprint density at radius 3 is 2.62 bits per heavy atom. The van der Waals surface area contributed by atoms with Crippen molar-refractivity contribution in [2.24, 2.45) is 0 Å². The fourth-order valence-electron chi connectivity index (χ4n) is 2.17. The molecule has 1 unspecified atom stereocenters. The highest BCUT2D eigenvalue weighted by atomic mass is 19.3. The predicted molar refractivity (Wildman–Crippen MR) is 79.2 cm³/mol. The molecule has 0 aliphatic carbocycles. The summed E-state index contributed by atoms with van der Waals surface area (Å²) in [5, 5.41) is 11.4. The minimum absolute atomic E-state index is 0.0367. The Morgan fingerprint density at radius 2 is 2.04 bits per heavy atom. The number of carboxylic acid groups (broad SMARTS) is 1. The minimum atomic E-state index is -2.98. The molecule has 2 aromatic rings. The van der Waals surface area contributed by atoms with Crippen LogP contribution in [0.1, 0.15) is 45.9 Å². The first-order valence-electron chi connectivity index (χ1n) is 7.08. The summed E-state index contributed by atoms with van der Waals surface area (Å²) < 4.78 is 34.4. The summed E-state index contributed by atoms with van der Waals surface area (Å²) >= 11 is 0. The van der Waals surface area contributed by atoms with Gasteiger partial charge in [0.15, 0.2) is 5.76 Å². The highest BCUT2D eigenvalue weighted by Crippen LogP contribution is 2.28. The summed E-state index contributed by atoms with van der Waals surface area (Å²) in [6.45, 7) is -1.22. The first-order chi connectivity index (χ1) is 11.4. The number of carboxylic acids is 1. The van der Waals surface area contributed by atoms with Gasteiger partial charge in [0, 0.05) is 11.6 Å². The largest absolute Gasteiger partial charge is 0.478 e. The van der Waals surface area contributed by atoms with E-state index in [4.69, 9.17) is 9.52 Å². The summed E-state index contributed by atoms with van der Waals surface area (Å²) in [6.07, 6.45) is 1.36. The first-order valence-corrected chi connectivity index (χ1v) is 7.08. The normalized spacial score (nSPS) is 12.0. The van der Waals surface area contributed by atoms with E-state index in [1.807, 2.05) is 0 Å². The molecular formula is C16H15F2NO5. The number of furan rings is 1. The maximum absolute atomic E-state index is 12.5. The lowest BCUT2D eigenvalue weighted by Crippen LogP contribution is -2.28. The van der Waals surface area contributed by atoms with Crippen LogP contribution in [0.3, 0.4) is 0 Å². The Labute approximate surface area is 136 Å². The summed E-state index contributed by atoms with van der Waals surface area (Å²) in [4.78, 5) is 23.0. The standard InChI is InChI=1S/C16H15F2NO5/c1-2-11(10-5-3-4-6-12(10)24-16(17)18)19-14(20)13-7-9(8-23-13)15(21)22/h3-8,11,16H,2H2,1H3,(H,19,20)(H,21,22). The second kappa shape index (κ2) is 7.58. The van der Waals surface area contributed by atoms with Crippen LogP contribution in [0.2, 0.25) is 0 Å². The van der Waals surface area contributed by atoms with Gasteiger partial charge in [0.1, 0.15) is 12.0 Å². The molecule has 1 amide bonds. The number of nitrogens with one attached hydrogen (secondary N) is 1. The van der Waals surface area contributed by atoms with Gasteiger partial charge in [-0.3, -0.25) is 4.79 Å². The van der Waals surface area contributed by atoms with Gasteiger partial charge in [-0.15, -0.1) is 0 Å². The molecule has 2 N–H and O–H groups in total. The van der Waals surface area contributed by atoms with Crippen LogP contribution in [0.15, 0.2) is 41.0 Å². The molecule has 128 valence electrons. The molecule has 8 heteroatoms. The number of ether oxygens (including phenoxy) is 1. The monoisotopic (exact) mass is 339 g/mol. The van der Waals surface area contributed by atoms with Crippen molar-refractivity contribution < 1.29 is 32.6 Å². The van der Waals surface area contributed by atoms with Gasteiger partial charge < -0.3 is 19.6 Å². The van der Waals surface area contributed by atoms with E-state index >= 15 is 0 Å².